The van der Waals surface area contributed by atoms with Crippen molar-refractivity contribution in [2.75, 3.05) is 0 Å². The summed E-state index contributed by atoms with van der Waals surface area (Å²) in [5, 5.41) is 7.31. The van der Waals surface area contributed by atoms with Crippen LogP contribution in [-0.2, 0) is 20.1 Å². The maximum atomic E-state index is 5.02. The molecular weight excluding hydrogens is 993 g/mol. The third-order valence-corrected chi connectivity index (χ3v) is 13.9. The standard InChI is InChI=1S/C31H34N2.C31H33N2.Ir/c2*1-18(2)22-15-25(19(3)4)30(26(16-22)20(5)6)29-17-32-31-24-11-9-8-10-23(24)27-14-21(7)12-13-28(27)33(29)31;/h8-20H,1-7H3;8-10,12-20H,1-7H3;/q;-1;. The van der Waals surface area contributed by atoms with E-state index in [2.05, 4.69) is 221 Å². The minimum Gasteiger partial charge on any atom is -0.333 e. The van der Waals surface area contributed by atoms with Crippen molar-refractivity contribution in [2.45, 2.75) is 132 Å². The Morgan fingerprint density at radius 2 is 0.821 bits per heavy atom. The summed E-state index contributed by atoms with van der Waals surface area (Å²) in [5.41, 5.74) is 20.5. The summed E-state index contributed by atoms with van der Waals surface area (Å²) in [4.78, 5) is 10.0. The first-order valence-corrected chi connectivity index (χ1v) is 24.4. The van der Waals surface area contributed by atoms with E-state index >= 15 is 0 Å². The molecule has 0 bridgehead atoms. The van der Waals surface area contributed by atoms with E-state index < -0.39 is 0 Å². The third-order valence-electron chi connectivity index (χ3n) is 13.9. The van der Waals surface area contributed by atoms with Crippen LogP contribution in [0.3, 0.4) is 0 Å². The molecule has 4 aromatic heterocycles. The van der Waals surface area contributed by atoms with Crippen molar-refractivity contribution in [3.63, 3.8) is 0 Å². The van der Waals surface area contributed by atoms with Gasteiger partial charge in [0.05, 0.1) is 28.7 Å². The van der Waals surface area contributed by atoms with Gasteiger partial charge in [0.1, 0.15) is 5.65 Å². The molecule has 0 fully saturated rings. The summed E-state index contributed by atoms with van der Waals surface area (Å²) >= 11 is 0. The Bertz CT molecular complexity index is 3180. The quantitative estimate of drug-likeness (QED) is 0.112. The normalized spacial score (nSPS) is 12.1. The molecule has 10 aromatic rings. The van der Waals surface area contributed by atoms with E-state index in [1.165, 1.54) is 105 Å². The first-order chi connectivity index (χ1) is 31.5. The van der Waals surface area contributed by atoms with E-state index in [-0.39, 0.29) is 20.1 Å². The summed E-state index contributed by atoms with van der Waals surface area (Å²) in [7, 11) is 0. The third kappa shape index (κ3) is 8.42. The predicted octanol–water partition coefficient (Wildman–Crippen LogP) is 17.8. The summed E-state index contributed by atoms with van der Waals surface area (Å²) < 4.78 is 4.77. The molecular formula is C62H67IrN4-. The van der Waals surface area contributed by atoms with Gasteiger partial charge < -0.3 is 4.40 Å². The monoisotopic (exact) mass is 1060 g/mol. The number of benzene rings is 6. The number of fused-ring (bicyclic) bond motifs is 12. The van der Waals surface area contributed by atoms with Crippen LogP contribution < -0.4 is 0 Å². The van der Waals surface area contributed by atoms with Gasteiger partial charge in [0.15, 0.2) is 0 Å². The SMILES string of the molecule is Cc1ccc2c(c1)c1ccc[c-]c1c1ncc(-c3c(C(C)C)cc(C(C)C)cc3C(C)C)n21.Cc1ccc2c(c1)c1ccccc1c1ncc(-c3c(C(C)C)cc(C(C)C)cc3C(C)C)n21.[Ir]. The van der Waals surface area contributed by atoms with Gasteiger partial charge in [-0.15, -0.1) is 29.7 Å². The van der Waals surface area contributed by atoms with Crippen LogP contribution in [0.15, 0.2) is 116 Å². The first-order valence-electron chi connectivity index (χ1n) is 24.4. The van der Waals surface area contributed by atoms with Crippen molar-refractivity contribution < 1.29 is 20.1 Å². The Morgan fingerprint density at radius 3 is 1.27 bits per heavy atom. The molecule has 4 nitrogen and oxygen atoms in total. The number of rotatable bonds is 8. The molecule has 1 radical (unpaired) electrons. The fraction of sp³-hybridized carbons (Fsp3) is 0.323. The Morgan fingerprint density at radius 1 is 0.418 bits per heavy atom. The number of hydrogen-bond acceptors (Lipinski definition) is 2. The topological polar surface area (TPSA) is 34.6 Å². The van der Waals surface area contributed by atoms with E-state index in [0.29, 0.717) is 35.5 Å². The van der Waals surface area contributed by atoms with Crippen molar-refractivity contribution in [1.82, 2.24) is 18.8 Å². The Hall–Kier alpha value is -5.61. The largest absolute Gasteiger partial charge is 0.333 e. The molecule has 0 amide bonds. The molecule has 6 aromatic carbocycles. The van der Waals surface area contributed by atoms with E-state index in [4.69, 9.17) is 9.97 Å². The van der Waals surface area contributed by atoms with E-state index in [1.807, 2.05) is 6.07 Å². The van der Waals surface area contributed by atoms with Crippen LogP contribution in [0.1, 0.15) is 163 Å². The van der Waals surface area contributed by atoms with Crippen molar-refractivity contribution in [3.05, 3.63) is 166 Å². The zero-order valence-electron chi connectivity index (χ0n) is 42.1. The van der Waals surface area contributed by atoms with Gasteiger partial charge in [-0.1, -0.05) is 166 Å². The number of imidazole rings is 2. The zero-order valence-corrected chi connectivity index (χ0v) is 44.5. The molecule has 0 unspecified atom stereocenters. The molecule has 0 aliphatic rings. The second-order valence-corrected chi connectivity index (χ2v) is 20.7. The van der Waals surface area contributed by atoms with Crippen molar-refractivity contribution in [1.29, 1.82) is 0 Å². The Balaban J connectivity index is 0.000000179. The number of nitrogens with zero attached hydrogens (tertiary/aromatic N) is 4. The molecule has 0 aliphatic heterocycles. The van der Waals surface area contributed by atoms with Crippen LogP contribution in [0.4, 0.5) is 0 Å². The van der Waals surface area contributed by atoms with Crippen molar-refractivity contribution in [2.24, 2.45) is 0 Å². The van der Waals surface area contributed by atoms with E-state index in [0.717, 1.165) is 16.7 Å². The summed E-state index contributed by atoms with van der Waals surface area (Å²) in [6.07, 6.45) is 4.18. The van der Waals surface area contributed by atoms with Gasteiger partial charge in [0, 0.05) is 53.7 Å². The van der Waals surface area contributed by atoms with Crippen LogP contribution in [0.25, 0.3) is 77.2 Å². The molecule has 0 N–H and O–H groups in total. The average Bonchev–Trinajstić information content (AvgIpc) is 3.94. The van der Waals surface area contributed by atoms with Gasteiger partial charge >= 0.3 is 0 Å². The van der Waals surface area contributed by atoms with Crippen LogP contribution in [0.5, 0.6) is 0 Å². The molecule has 5 heteroatoms. The number of pyridine rings is 2. The number of aromatic nitrogens is 4. The van der Waals surface area contributed by atoms with Gasteiger partial charge in [-0.2, -0.15) is 0 Å². The smallest absolute Gasteiger partial charge is 0.145 e. The van der Waals surface area contributed by atoms with Crippen LogP contribution in [0, 0.1) is 19.9 Å². The maximum absolute atomic E-state index is 5.02. The maximum Gasteiger partial charge on any atom is 0.145 e. The van der Waals surface area contributed by atoms with Gasteiger partial charge in [-0.05, 0) is 112 Å². The summed E-state index contributed by atoms with van der Waals surface area (Å²) in [6.45, 7) is 32.0. The Kier molecular flexibility index (Phi) is 13.4. The van der Waals surface area contributed by atoms with Crippen LogP contribution >= 0.6 is 0 Å². The summed E-state index contributed by atoms with van der Waals surface area (Å²) in [5.74, 6) is 2.69. The molecule has 0 atom stereocenters. The molecule has 4 heterocycles. The Labute approximate surface area is 412 Å². The predicted molar refractivity (Wildman–Crippen MR) is 284 cm³/mol. The van der Waals surface area contributed by atoms with Crippen molar-refractivity contribution in [3.8, 4) is 22.5 Å². The fourth-order valence-electron chi connectivity index (χ4n) is 10.3. The molecule has 0 saturated carbocycles. The summed E-state index contributed by atoms with van der Waals surface area (Å²) in [6, 6.07) is 41.7. The minimum absolute atomic E-state index is 0. The zero-order chi connectivity index (χ0) is 46.9. The van der Waals surface area contributed by atoms with Crippen LogP contribution in [-0.4, -0.2) is 18.8 Å². The van der Waals surface area contributed by atoms with Crippen LogP contribution in [0.2, 0.25) is 0 Å². The average molecular weight is 1060 g/mol. The molecule has 67 heavy (non-hydrogen) atoms. The molecule has 0 aliphatic carbocycles. The molecule has 0 spiro atoms. The molecule has 0 saturated heterocycles. The second kappa shape index (κ2) is 18.8. The minimum atomic E-state index is 0. The van der Waals surface area contributed by atoms with Gasteiger partial charge in [-0.25, -0.2) is 4.98 Å². The van der Waals surface area contributed by atoms with E-state index in [9.17, 15) is 0 Å². The number of hydrogen-bond donors (Lipinski definition) is 0. The van der Waals surface area contributed by atoms with Gasteiger partial charge in [-0.3, -0.25) is 9.38 Å². The van der Waals surface area contributed by atoms with Crippen molar-refractivity contribution >= 4 is 54.6 Å². The first kappa shape index (κ1) is 47.9. The van der Waals surface area contributed by atoms with Gasteiger partial charge in [0.2, 0.25) is 0 Å². The number of aryl methyl sites for hydroxylation is 2. The van der Waals surface area contributed by atoms with Gasteiger partial charge in [0.25, 0.3) is 0 Å². The molecule has 345 valence electrons. The fourth-order valence-corrected chi connectivity index (χ4v) is 10.3. The molecule has 10 rings (SSSR count). The van der Waals surface area contributed by atoms with E-state index in [1.54, 1.807) is 0 Å². The second-order valence-electron chi connectivity index (χ2n) is 20.7.